The highest BCUT2D eigenvalue weighted by Gasteiger charge is 2.28. The summed E-state index contributed by atoms with van der Waals surface area (Å²) in [6.45, 7) is 0. The van der Waals surface area contributed by atoms with Gasteiger partial charge in [-0.1, -0.05) is 0 Å². The van der Waals surface area contributed by atoms with Crippen molar-refractivity contribution in [3.63, 3.8) is 0 Å². The van der Waals surface area contributed by atoms with Crippen LogP contribution in [0.25, 0.3) is 10.9 Å². The van der Waals surface area contributed by atoms with E-state index in [-0.39, 0.29) is 23.1 Å². The maximum atomic E-state index is 11.5. The molecule has 1 aromatic carbocycles. The predicted octanol–water partition coefficient (Wildman–Crippen LogP) is 0.927. The molecule has 2 aromatic rings. The highest BCUT2D eigenvalue weighted by Crippen LogP contribution is 2.23. The van der Waals surface area contributed by atoms with Gasteiger partial charge >= 0.3 is 5.97 Å². The van der Waals surface area contributed by atoms with E-state index in [0.717, 1.165) is 0 Å². The number of rotatable bonds is 3. The van der Waals surface area contributed by atoms with Crippen molar-refractivity contribution in [2.45, 2.75) is 12.5 Å². The van der Waals surface area contributed by atoms with Crippen molar-refractivity contribution in [3.05, 3.63) is 30.1 Å². The van der Waals surface area contributed by atoms with Crippen LogP contribution in [0.3, 0.4) is 0 Å². The van der Waals surface area contributed by atoms with Gasteiger partial charge in [0, 0.05) is 11.4 Å². The Labute approximate surface area is 121 Å². The molecule has 1 aliphatic rings. The molecule has 1 saturated heterocycles. The van der Waals surface area contributed by atoms with E-state index in [1.165, 1.54) is 18.5 Å². The number of carboxylic acid groups (broad SMARTS) is 1. The highest BCUT2D eigenvalue weighted by atomic mass is 32.2. The van der Waals surface area contributed by atoms with Crippen molar-refractivity contribution in [1.29, 1.82) is 0 Å². The molecule has 7 nitrogen and oxygen atoms in total. The minimum absolute atomic E-state index is 0.0890. The molecule has 8 heteroatoms. The molecule has 0 bridgehead atoms. The quantitative estimate of drug-likeness (QED) is 0.868. The molecule has 0 amide bonds. The van der Waals surface area contributed by atoms with E-state index >= 15 is 0 Å². The SMILES string of the molecule is O=C(O)c1ccc2c(NC3CCS(=O)(=O)C3)ncnc2c1. The molecule has 1 atom stereocenters. The van der Waals surface area contributed by atoms with Crippen LogP contribution >= 0.6 is 0 Å². The van der Waals surface area contributed by atoms with Crippen molar-refractivity contribution in [2.24, 2.45) is 0 Å². The molecule has 0 spiro atoms. The van der Waals surface area contributed by atoms with Gasteiger partial charge in [-0.15, -0.1) is 0 Å². The molecular formula is C13H13N3O4S. The van der Waals surface area contributed by atoms with Gasteiger partial charge in [0.25, 0.3) is 0 Å². The molecular weight excluding hydrogens is 294 g/mol. The van der Waals surface area contributed by atoms with Crippen LogP contribution in [0.4, 0.5) is 5.82 Å². The number of fused-ring (bicyclic) bond motifs is 1. The number of aromatic nitrogens is 2. The summed E-state index contributed by atoms with van der Waals surface area (Å²) in [5.41, 5.74) is 0.656. The number of hydrogen-bond donors (Lipinski definition) is 2. The van der Waals surface area contributed by atoms with E-state index < -0.39 is 15.8 Å². The lowest BCUT2D eigenvalue weighted by atomic mass is 10.1. The lowest BCUT2D eigenvalue weighted by Crippen LogP contribution is -2.21. The van der Waals surface area contributed by atoms with Gasteiger partial charge in [-0.3, -0.25) is 0 Å². The second-order valence-corrected chi connectivity index (χ2v) is 7.23. The Bertz CT molecular complexity index is 819. The molecule has 110 valence electrons. The average molecular weight is 307 g/mol. The number of nitrogens with zero attached hydrogens (tertiary/aromatic N) is 2. The number of carboxylic acids is 1. The number of carbonyl (C=O) groups is 1. The average Bonchev–Trinajstić information content (AvgIpc) is 2.77. The summed E-state index contributed by atoms with van der Waals surface area (Å²) in [7, 11) is -2.97. The topological polar surface area (TPSA) is 109 Å². The highest BCUT2D eigenvalue weighted by molar-refractivity contribution is 7.91. The van der Waals surface area contributed by atoms with E-state index in [2.05, 4.69) is 15.3 Å². The van der Waals surface area contributed by atoms with Crippen LogP contribution < -0.4 is 5.32 Å². The molecule has 1 unspecified atom stereocenters. The lowest BCUT2D eigenvalue weighted by molar-refractivity contribution is 0.0697. The zero-order valence-electron chi connectivity index (χ0n) is 11.0. The van der Waals surface area contributed by atoms with Gasteiger partial charge < -0.3 is 10.4 Å². The number of benzene rings is 1. The second-order valence-electron chi connectivity index (χ2n) is 5.00. The maximum absolute atomic E-state index is 11.5. The van der Waals surface area contributed by atoms with Gasteiger partial charge in [-0.25, -0.2) is 23.2 Å². The van der Waals surface area contributed by atoms with Crippen LogP contribution in [-0.4, -0.2) is 47.0 Å². The van der Waals surface area contributed by atoms with Crippen LogP contribution in [0.1, 0.15) is 16.8 Å². The number of aromatic carboxylic acids is 1. The molecule has 1 aliphatic heterocycles. The van der Waals surface area contributed by atoms with Crippen LogP contribution in [0, 0.1) is 0 Å². The number of anilines is 1. The van der Waals surface area contributed by atoms with E-state index in [1.54, 1.807) is 6.07 Å². The first-order valence-corrected chi connectivity index (χ1v) is 8.22. The zero-order valence-corrected chi connectivity index (χ0v) is 11.8. The Balaban J connectivity index is 1.94. The van der Waals surface area contributed by atoms with Crippen LogP contribution in [0.15, 0.2) is 24.5 Å². The Morgan fingerprint density at radius 3 is 2.81 bits per heavy atom. The summed E-state index contributed by atoms with van der Waals surface area (Å²) in [5, 5.41) is 12.8. The van der Waals surface area contributed by atoms with Crippen LogP contribution in [0.5, 0.6) is 0 Å². The molecule has 1 aromatic heterocycles. The third-order valence-electron chi connectivity index (χ3n) is 3.46. The predicted molar refractivity (Wildman–Crippen MR) is 77.2 cm³/mol. The summed E-state index contributed by atoms with van der Waals surface area (Å²) in [6.07, 6.45) is 1.88. The van der Waals surface area contributed by atoms with Gasteiger partial charge in [0.05, 0.1) is 22.6 Å². The Morgan fingerprint density at radius 1 is 1.33 bits per heavy atom. The maximum Gasteiger partial charge on any atom is 0.335 e. The first-order chi connectivity index (χ1) is 9.94. The van der Waals surface area contributed by atoms with Gasteiger partial charge in [0.15, 0.2) is 9.84 Å². The molecule has 0 radical (unpaired) electrons. The summed E-state index contributed by atoms with van der Waals surface area (Å²) in [6, 6.07) is 4.40. The van der Waals surface area contributed by atoms with Crippen molar-refractivity contribution >= 4 is 32.5 Å². The monoisotopic (exact) mass is 307 g/mol. The van der Waals surface area contributed by atoms with Crippen LogP contribution in [-0.2, 0) is 9.84 Å². The van der Waals surface area contributed by atoms with Crippen molar-refractivity contribution < 1.29 is 18.3 Å². The van der Waals surface area contributed by atoms with E-state index in [1.807, 2.05) is 0 Å². The van der Waals surface area contributed by atoms with E-state index in [4.69, 9.17) is 5.11 Å². The molecule has 2 heterocycles. The normalized spacial score (nSPS) is 20.5. The summed E-state index contributed by atoms with van der Waals surface area (Å²) < 4.78 is 23.0. The molecule has 0 saturated carbocycles. The Morgan fingerprint density at radius 2 is 2.14 bits per heavy atom. The zero-order chi connectivity index (χ0) is 15.0. The van der Waals surface area contributed by atoms with E-state index in [9.17, 15) is 13.2 Å². The largest absolute Gasteiger partial charge is 0.478 e. The summed E-state index contributed by atoms with van der Waals surface area (Å²) in [5.74, 6) is -0.228. The molecule has 2 N–H and O–H groups in total. The standard InChI is InChI=1S/C13H13N3O4S/c17-13(18)8-1-2-10-11(5-8)14-7-15-12(10)16-9-3-4-21(19,20)6-9/h1-2,5,7,9H,3-4,6H2,(H,17,18)(H,14,15,16). The fourth-order valence-corrected chi connectivity index (χ4v) is 4.08. The van der Waals surface area contributed by atoms with E-state index in [0.29, 0.717) is 23.1 Å². The van der Waals surface area contributed by atoms with Crippen LogP contribution in [0.2, 0.25) is 0 Å². The van der Waals surface area contributed by atoms with Gasteiger partial charge in [-0.05, 0) is 24.6 Å². The minimum Gasteiger partial charge on any atom is -0.478 e. The fraction of sp³-hybridized carbons (Fsp3) is 0.308. The number of nitrogens with one attached hydrogen (secondary N) is 1. The number of sulfone groups is 1. The smallest absolute Gasteiger partial charge is 0.335 e. The lowest BCUT2D eigenvalue weighted by Gasteiger charge is -2.13. The van der Waals surface area contributed by atoms with Gasteiger partial charge in [0.1, 0.15) is 12.1 Å². The molecule has 0 aliphatic carbocycles. The summed E-state index contributed by atoms with van der Waals surface area (Å²) >= 11 is 0. The molecule has 1 fully saturated rings. The Kier molecular flexibility index (Phi) is 3.25. The molecule has 3 rings (SSSR count). The van der Waals surface area contributed by atoms with Crippen molar-refractivity contribution in [2.75, 3.05) is 16.8 Å². The molecule has 21 heavy (non-hydrogen) atoms. The first-order valence-electron chi connectivity index (χ1n) is 6.40. The third-order valence-corrected chi connectivity index (χ3v) is 5.22. The van der Waals surface area contributed by atoms with Crippen molar-refractivity contribution in [1.82, 2.24) is 9.97 Å². The first kappa shape index (κ1) is 13.7. The second kappa shape index (κ2) is 4.96. The fourth-order valence-electron chi connectivity index (χ4n) is 2.41. The number of hydrogen-bond acceptors (Lipinski definition) is 6. The summed E-state index contributed by atoms with van der Waals surface area (Å²) in [4.78, 5) is 19.1. The van der Waals surface area contributed by atoms with Crippen molar-refractivity contribution in [3.8, 4) is 0 Å². The van der Waals surface area contributed by atoms with Gasteiger partial charge in [-0.2, -0.15) is 0 Å². The Hall–Kier alpha value is -2.22. The third kappa shape index (κ3) is 2.80. The van der Waals surface area contributed by atoms with Gasteiger partial charge in [0.2, 0.25) is 0 Å². The minimum atomic E-state index is -2.97.